The molecular weight excluding hydrogens is 502 g/mol. The number of sulfonamides is 1. The summed E-state index contributed by atoms with van der Waals surface area (Å²) in [4.78, 5) is 28.3. The van der Waals surface area contributed by atoms with Crippen molar-refractivity contribution in [2.45, 2.75) is 59.2 Å². The SMILES string of the molecule is CCOc1ccccc1N(CC(=O)N(Cc1ccc(Cl)cc1)C(CC)C(=O)NC(C)CC)S(C)(=O)=O. The minimum Gasteiger partial charge on any atom is -0.492 e. The zero-order chi connectivity index (χ0) is 26.9. The predicted octanol–water partition coefficient (Wildman–Crippen LogP) is 4.23. The highest BCUT2D eigenvalue weighted by Crippen LogP contribution is 2.30. The molecule has 0 aliphatic heterocycles. The Labute approximate surface area is 219 Å². The molecule has 0 aliphatic carbocycles. The fraction of sp³-hybridized carbons (Fsp3) is 0.462. The number of hydrogen-bond acceptors (Lipinski definition) is 5. The highest BCUT2D eigenvalue weighted by atomic mass is 35.5. The van der Waals surface area contributed by atoms with Crippen LogP contribution >= 0.6 is 11.6 Å². The lowest BCUT2D eigenvalue weighted by molar-refractivity contribution is -0.140. The first-order valence-corrected chi connectivity index (χ1v) is 14.3. The zero-order valence-electron chi connectivity index (χ0n) is 21.5. The largest absolute Gasteiger partial charge is 0.492 e. The first-order valence-electron chi connectivity index (χ1n) is 12.1. The molecule has 2 unspecified atom stereocenters. The smallest absolute Gasteiger partial charge is 0.244 e. The molecule has 0 aliphatic rings. The Morgan fingerprint density at radius 2 is 1.67 bits per heavy atom. The van der Waals surface area contributed by atoms with Crippen molar-refractivity contribution in [1.29, 1.82) is 0 Å². The standard InChI is InChI=1S/C26H36ClN3O5S/c1-6-19(4)28-26(32)22(7-2)29(17-20-13-15-21(27)16-14-20)25(31)18-30(36(5,33)34)23-11-9-10-12-24(23)35-8-3/h9-16,19,22H,6-8,17-18H2,1-5H3,(H,28,32). The molecule has 10 heteroatoms. The Hall–Kier alpha value is -2.78. The topological polar surface area (TPSA) is 96.0 Å². The number of hydrogen-bond donors (Lipinski definition) is 1. The van der Waals surface area contributed by atoms with Crippen LogP contribution in [0.15, 0.2) is 48.5 Å². The van der Waals surface area contributed by atoms with Crippen LogP contribution in [-0.2, 0) is 26.2 Å². The van der Waals surface area contributed by atoms with E-state index in [9.17, 15) is 18.0 Å². The zero-order valence-corrected chi connectivity index (χ0v) is 23.1. The van der Waals surface area contributed by atoms with Crippen LogP contribution in [0.25, 0.3) is 0 Å². The molecule has 2 aromatic carbocycles. The minimum atomic E-state index is -3.85. The summed E-state index contributed by atoms with van der Waals surface area (Å²) in [5.74, 6) is -0.438. The van der Waals surface area contributed by atoms with Crippen LogP contribution in [0.3, 0.4) is 0 Å². The van der Waals surface area contributed by atoms with Gasteiger partial charge in [-0.15, -0.1) is 0 Å². The molecular formula is C26H36ClN3O5S. The van der Waals surface area contributed by atoms with Gasteiger partial charge in [0.25, 0.3) is 0 Å². The third-order valence-corrected chi connectivity index (χ3v) is 7.14. The monoisotopic (exact) mass is 537 g/mol. The van der Waals surface area contributed by atoms with Crippen LogP contribution in [0, 0.1) is 0 Å². The number of rotatable bonds is 13. The lowest BCUT2D eigenvalue weighted by atomic mass is 10.1. The van der Waals surface area contributed by atoms with Crippen molar-refractivity contribution in [3.8, 4) is 5.75 Å². The number of carbonyl (C=O) groups is 2. The van der Waals surface area contributed by atoms with E-state index in [2.05, 4.69) is 5.32 Å². The molecule has 0 bridgehead atoms. The highest BCUT2D eigenvalue weighted by Gasteiger charge is 2.32. The van der Waals surface area contributed by atoms with E-state index in [0.717, 1.165) is 22.5 Å². The van der Waals surface area contributed by atoms with E-state index in [1.807, 2.05) is 20.8 Å². The van der Waals surface area contributed by atoms with Gasteiger partial charge >= 0.3 is 0 Å². The van der Waals surface area contributed by atoms with Gasteiger partial charge in [-0.05, 0) is 56.5 Å². The second-order valence-corrected chi connectivity index (χ2v) is 10.9. The van der Waals surface area contributed by atoms with E-state index >= 15 is 0 Å². The van der Waals surface area contributed by atoms with E-state index < -0.39 is 28.5 Å². The van der Waals surface area contributed by atoms with Crippen LogP contribution in [0.5, 0.6) is 5.75 Å². The highest BCUT2D eigenvalue weighted by molar-refractivity contribution is 7.92. The van der Waals surface area contributed by atoms with Gasteiger partial charge in [0.1, 0.15) is 18.3 Å². The van der Waals surface area contributed by atoms with Gasteiger partial charge in [0.15, 0.2) is 0 Å². The molecule has 0 saturated carbocycles. The van der Waals surface area contributed by atoms with Gasteiger partial charge in [0.2, 0.25) is 21.8 Å². The van der Waals surface area contributed by atoms with Gasteiger partial charge in [-0.1, -0.05) is 49.7 Å². The van der Waals surface area contributed by atoms with Gasteiger partial charge in [-0.25, -0.2) is 8.42 Å². The van der Waals surface area contributed by atoms with Crippen LogP contribution in [-0.4, -0.2) is 56.6 Å². The second kappa shape index (κ2) is 13.5. The van der Waals surface area contributed by atoms with E-state index in [0.29, 0.717) is 23.8 Å². The Balaban J connectivity index is 2.47. The molecule has 2 amide bonds. The summed E-state index contributed by atoms with van der Waals surface area (Å²) >= 11 is 6.02. The van der Waals surface area contributed by atoms with E-state index in [1.54, 1.807) is 55.5 Å². The molecule has 2 aromatic rings. The first kappa shape index (κ1) is 29.5. The molecule has 1 N–H and O–H groups in total. The van der Waals surface area contributed by atoms with Crippen molar-refractivity contribution in [3.05, 3.63) is 59.1 Å². The normalized spacial score (nSPS) is 12.9. The van der Waals surface area contributed by atoms with Gasteiger partial charge in [-0.2, -0.15) is 0 Å². The number of carbonyl (C=O) groups excluding carboxylic acids is 2. The summed E-state index contributed by atoms with van der Waals surface area (Å²) in [5, 5.41) is 3.50. The van der Waals surface area contributed by atoms with Crippen LogP contribution in [0.1, 0.15) is 46.1 Å². The maximum atomic E-state index is 13.7. The summed E-state index contributed by atoms with van der Waals surface area (Å²) in [6.45, 7) is 7.44. The summed E-state index contributed by atoms with van der Waals surface area (Å²) in [5.41, 5.74) is 1.03. The van der Waals surface area contributed by atoms with Crippen molar-refractivity contribution in [2.75, 3.05) is 23.7 Å². The van der Waals surface area contributed by atoms with E-state index in [1.165, 1.54) is 4.90 Å². The number of anilines is 1. The van der Waals surface area contributed by atoms with E-state index in [4.69, 9.17) is 16.3 Å². The number of nitrogens with zero attached hydrogens (tertiary/aromatic N) is 2. The summed E-state index contributed by atoms with van der Waals surface area (Å²) in [6.07, 6.45) is 2.14. The molecule has 36 heavy (non-hydrogen) atoms. The average molecular weight is 538 g/mol. The van der Waals surface area contributed by atoms with Gasteiger partial charge in [0, 0.05) is 17.6 Å². The van der Waals surface area contributed by atoms with Crippen molar-refractivity contribution in [1.82, 2.24) is 10.2 Å². The molecule has 2 rings (SSSR count). The first-order chi connectivity index (χ1) is 17.0. The maximum absolute atomic E-state index is 13.7. The molecule has 2 atom stereocenters. The number of ether oxygens (including phenoxy) is 1. The Morgan fingerprint density at radius 1 is 1.03 bits per heavy atom. The molecule has 0 aromatic heterocycles. The predicted molar refractivity (Wildman–Crippen MR) is 144 cm³/mol. The number of amides is 2. The minimum absolute atomic E-state index is 0.0652. The van der Waals surface area contributed by atoms with Crippen molar-refractivity contribution in [3.63, 3.8) is 0 Å². The average Bonchev–Trinajstić information content (AvgIpc) is 2.83. The van der Waals surface area contributed by atoms with Gasteiger partial charge < -0.3 is 15.0 Å². The lowest BCUT2D eigenvalue weighted by Crippen LogP contribution is -2.53. The Morgan fingerprint density at radius 3 is 2.22 bits per heavy atom. The summed E-state index contributed by atoms with van der Waals surface area (Å²) < 4.78 is 32.3. The fourth-order valence-electron chi connectivity index (χ4n) is 3.68. The summed E-state index contributed by atoms with van der Waals surface area (Å²) in [7, 11) is -3.85. The van der Waals surface area contributed by atoms with Crippen LogP contribution in [0.2, 0.25) is 5.02 Å². The Kier molecular flexibility index (Phi) is 11.0. The Bertz CT molecular complexity index is 1120. The molecule has 0 radical (unpaired) electrons. The fourth-order valence-corrected chi connectivity index (χ4v) is 4.66. The number of nitrogens with one attached hydrogen (secondary N) is 1. The number of halogens is 1. The van der Waals surface area contributed by atoms with Gasteiger partial charge in [-0.3, -0.25) is 13.9 Å². The van der Waals surface area contributed by atoms with Crippen LogP contribution < -0.4 is 14.4 Å². The van der Waals surface area contributed by atoms with Crippen molar-refractivity contribution in [2.24, 2.45) is 0 Å². The van der Waals surface area contributed by atoms with E-state index in [-0.39, 0.29) is 24.2 Å². The molecule has 0 heterocycles. The maximum Gasteiger partial charge on any atom is 0.244 e. The van der Waals surface area contributed by atoms with Gasteiger partial charge in [0.05, 0.1) is 18.6 Å². The van der Waals surface area contributed by atoms with Crippen molar-refractivity contribution < 1.29 is 22.7 Å². The quantitative estimate of drug-likeness (QED) is 0.412. The number of para-hydroxylation sites is 2. The molecule has 0 spiro atoms. The van der Waals surface area contributed by atoms with Crippen molar-refractivity contribution >= 4 is 39.1 Å². The third-order valence-electron chi connectivity index (χ3n) is 5.77. The molecule has 198 valence electrons. The number of benzene rings is 2. The molecule has 0 saturated heterocycles. The second-order valence-electron chi connectivity index (χ2n) is 8.56. The molecule has 0 fully saturated rings. The molecule has 8 nitrogen and oxygen atoms in total. The third kappa shape index (κ3) is 8.13. The summed E-state index contributed by atoms with van der Waals surface area (Å²) in [6, 6.07) is 12.8. The lowest BCUT2D eigenvalue weighted by Gasteiger charge is -2.33. The van der Waals surface area contributed by atoms with Crippen LogP contribution in [0.4, 0.5) is 5.69 Å².